The van der Waals surface area contributed by atoms with E-state index in [1.807, 2.05) is 6.07 Å². The van der Waals surface area contributed by atoms with Gasteiger partial charge in [0.1, 0.15) is 6.33 Å². The van der Waals surface area contributed by atoms with Crippen LogP contribution in [0.15, 0.2) is 36.7 Å². The summed E-state index contributed by atoms with van der Waals surface area (Å²) < 4.78 is 14.8. The Morgan fingerprint density at radius 1 is 0.913 bits per heavy atom. The Bertz CT molecular complexity index is 664. The molecule has 23 heavy (non-hydrogen) atoms. The van der Waals surface area contributed by atoms with E-state index in [-0.39, 0.29) is 5.82 Å². The molecule has 2 fully saturated rings. The SMILES string of the molecule is Fc1c(C2CCC2)ncnc1N1CCN(c2ccccc2)CC1. The van der Waals surface area contributed by atoms with Crippen LogP contribution in [0.3, 0.4) is 0 Å². The fraction of sp³-hybridized carbons (Fsp3) is 0.444. The van der Waals surface area contributed by atoms with Crippen LogP contribution in [-0.4, -0.2) is 36.1 Å². The molecule has 1 aliphatic carbocycles. The number of anilines is 2. The Balaban J connectivity index is 1.48. The molecule has 0 atom stereocenters. The van der Waals surface area contributed by atoms with E-state index in [0.29, 0.717) is 17.4 Å². The van der Waals surface area contributed by atoms with Crippen LogP contribution in [0, 0.1) is 5.82 Å². The summed E-state index contributed by atoms with van der Waals surface area (Å²) in [6.07, 6.45) is 4.80. The van der Waals surface area contributed by atoms with Crippen molar-refractivity contribution in [2.45, 2.75) is 25.2 Å². The molecule has 120 valence electrons. The summed E-state index contributed by atoms with van der Waals surface area (Å²) >= 11 is 0. The molecule has 2 heterocycles. The third kappa shape index (κ3) is 2.76. The van der Waals surface area contributed by atoms with Crippen LogP contribution in [0.1, 0.15) is 30.9 Å². The molecule has 4 nitrogen and oxygen atoms in total. The van der Waals surface area contributed by atoms with Crippen molar-refractivity contribution in [1.82, 2.24) is 9.97 Å². The van der Waals surface area contributed by atoms with Gasteiger partial charge in [-0.15, -0.1) is 0 Å². The average molecular weight is 312 g/mol. The molecule has 1 aliphatic heterocycles. The zero-order valence-electron chi connectivity index (χ0n) is 13.2. The predicted octanol–water partition coefficient (Wildman–Crippen LogP) is 3.21. The Hall–Kier alpha value is -2.17. The lowest BCUT2D eigenvalue weighted by molar-refractivity contribution is 0.392. The second-order valence-electron chi connectivity index (χ2n) is 6.33. The number of hydrogen-bond acceptors (Lipinski definition) is 4. The molecule has 1 aromatic heterocycles. The quantitative estimate of drug-likeness (QED) is 0.871. The highest BCUT2D eigenvalue weighted by Gasteiger charge is 2.28. The number of nitrogens with zero attached hydrogens (tertiary/aromatic N) is 4. The molecule has 0 N–H and O–H groups in total. The Morgan fingerprint density at radius 2 is 1.61 bits per heavy atom. The van der Waals surface area contributed by atoms with Crippen LogP contribution in [-0.2, 0) is 0 Å². The fourth-order valence-corrected chi connectivity index (χ4v) is 3.38. The molecule has 0 unspecified atom stereocenters. The van der Waals surface area contributed by atoms with Crippen molar-refractivity contribution in [3.05, 3.63) is 48.2 Å². The standard InChI is InChI=1S/C18H21FN4/c19-16-17(14-5-4-6-14)20-13-21-18(16)23-11-9-22(10-12-23)15-7-2-1-3-8-15/h1-3,7-8,13-14H,4-6,9-12H2. The third-order valence-electron chi connectivity index (χ3n) is 4.99. The molecule has 1 saturated carbocycles. The normalized spacial score (nSPS) is 18.8. The number of para-hydroxylation sites is 1. The van der Waals surface area contributed by atoms with Gasteiger partial charge in [-0.25, -0.2) is 14.4 Å². The molecule has 4 rings (SSSR count). The Kier molecular flexibility index (Phi) is 3.85. The molecule has 0 radical (unpaired) electrons. The van der Waals surface area contributed by atoms with E-state index in [9.17, 15) is 4.39 Å². The van der Waals surface area contributed by atoms with Crippen LogP contribution in [0.25, 0.3) is 0 Å². The number of piperazine rings is 1. The summed E-state index contributed by atoms with van der Waals surface area (Å²) in [5.41, 5.74) is 1.84. The highest BCUT2D eigenvalue weighted by molar-refractivity contribution is 5.50. The zero-order chi connectivity index (χ0) is 15.6. The zero-order valence-corrected chi connectivity index (χ0v) is 13.2. The van der Waals surface area contributed by atoms with Gasteiger partial charge in [-0.3, -0.25) is 0 Å². The van der Waals surface area contributed by atoms with Crippen molar-refractivity contribution in [2.75, 3.05) is 36.0 Å². The maximum absolute atomic E-state index is 14.8. The van der Waals surface area contributed by atoms with Gasteiger partial charge in [-0.05, 0) is 25.0 Å². The van der Waals surface area contributed by atoms with Gasteiger partial charge in [0, 0.05) is 37.8 Å². The maximum atomic E-state index is 14.8. The van der Waals surface area contributed by atoms with Gasteiger partial charge in [-0.1, -0.05) is 24.6 Å². The molecule has 0 amide bonds. The third-order valence-corrected chi connectivity index (χ3v) is 4.99. The minimum absolute atomic E-state index is 0.203. The first kappa shape index (κ1) is 14.4. The van der Waals surface area contributed by atoms with Crippen LogP contribution >= 0.6 is 0 Å². The second-order valence-corrected chi connectivity index (χ2v) is 6.33. The number of rotatable bonds is 3. The van der Waals surface area contributed by atoms with E-state index in [2.05, 4.69) is 44.0 Å². The van der Waals surface area contributed by atoms with E-state index >= 15 is 0 Å². The first-order valence-corrected chi connectivity index (χ1v) is 8.38. The van der Waals surface area contributed by atoms with Crippen LogP contribution in [0.2, 0.25) is 0 Å². The molecular weight excluding hydrogens is 291 g/mol. The van der Waals surface area contributed by atoms with Gasteiger partial charge in [0.25, 0.3) is 0 Å². The Labute approximate surface area is 136 Å². The molecule has 2 aromatic rings. The highest BCUT2D eigenvalue weighted by atomic mass is 19.1. The number of aromatic nitrogens is 2. The summed E-state index contributed by atoms with van der Waals surface area (Å²) in [5, 5.41) is 0. The van der Waals surface area contributed by atoms with E-state index in [4.69, 9.17) is 0 Å². The molecule has 1 aromatic carbocycles. The minimum atomic E-state index is -0.203. The molecule has 2 aliphatic rings. The van der Waals surface area contributed by atoms with Crippen molar-refractivity contribution in [3.63, 3.8) is 0 Å². The smallest absolute Gasteiger partial charge is 0.187 e. The molecule has 0 spiro atoms. The van der Waals surface area contributed by atoms with E-state index in [1.54, 1.807) is 0 Å². The second kappa shape index (κ2) is 6.14. The largest absolute Gasteiger partial charge is 0.368 e. The maximum Gasteiger partial charge on any atom is 0.187 e. The summed E-state index contributed by atoms with van der Waals surface area (Å²) in [4.78, 5) is 12.8. The molecule has 5 heteroatoms. The van der Waals surface area contributed by atoms with Crippen LogP contribution < -0.4 is 9.80 Å². The van der Waals surface area contributed by atoms with Crippen molar-refractivity contribution in [2.24, 2.45) is 0 Å². The van der Waals surface area contributed by atoms with E-state index in [1.165, 1.54) is 18.4 Å². The minimum Gasteiger partial charge on any atom is -0.368 e. The first-order valence-electron chi connectivity index (χ1n) is 8.38. The topological polar surface area (TPSA) is 32.3 Å². The van der Waals surface area contributed by atoms with Gasteiger partial charge in [0.05, 0.1) is 5.69 Å². The number of benzene rings is 1. The van der Waals surface area contributed by atoms with Crippen LogP contribution in [0.5, 0.6) is 0 Å². The Morgan fingerprint density at radius 3 is 2.26 bits per heavy atom. The summed E-state index contributed by atoms with van der Waals surface area (Å²) in [7, 11) is 0. The molecule has 1 saturated heterocycles. The van der Waals surface area contributed by atoms with Gasteiger partial charge >= 0.3 is 0 Å². The summed E-state index contributed by atoms with van der Waals surface area (Å²) in [6.45, 7) is 3.33. The van der Waals surface area contributed by atoms with Gasteiger partial charge in [0.15, 0.2) is 11.6 Å². The lowest BCUT2D eigenvalue weighted by Gasteiger charge is -2.37. The van der Waals surface area contributed by atoms with Crippen LogP contribution in [0.4, 0.5) is 15.9 Å². The monoisotopic (exact) mass is 312 g/mol. The molecular formula is C18H21FN4. The van der Waals surface area contributed by atoms with Gasteiger partial charge < -0.3 is 9.80 Å². The lowest BCUT2D eigenvalue weighted by Crippen LogP contribution is -2.47. The lowest BCUT2D eigenvalue weighted by atomic mass is 9.82. The van der Waals surface area contributed by atoms with Gasteiger partial charge in [0.2, 0.25) is 0 Å². The van der Waals surface area contributed by atoms with Crippen molar-refractivity contribution in [1.29, 1.82) is 0 Å². The number of hydrogen-bond donors (Lipinski definition) is 0. The van der Waals surface area contributed by atoms with E-state index in [0.717, 1.165) is 39.0 Å². The summed E-state index contributed by atoms with van der Waals surface area (Å²) in [5.74, 6) is 0.572. The molecule has 0 bridgehead atoms. The summed E-state index contributed by atoms with van der Waals surface area (Å²) in [6, 6.07) is 10.4. The fourth-order valence-electron chi connectivity index (χ4n) is 3.38. The van der Waals surface area contributed by atoms with Crippen molar-refractivity contribution in [3.8, 4) is 0 Å². The van der Waals surface area contributed by atoms with Gasteiger partial charge in [-0.2, -0.15) is 0 Å². The highest BCUT2D eigenvalue weighted by Crippen LogP contribution is 2.37. The van der Waals surface area contributed by atoms with Crippen molar-refractivity contribution < 1.29 is 4.39 Å². The van der Waals surface area contributed by atoms with Crippen molar-refractivity contribution >= 4 is 11.5 Å². The van der Waals surface area contributed by atoms with E-state index < -0.39 is 0 Å². The predicted molar refractivity (Wildman–Crippen MR) is 89.5 cm³/mol. The average Bonchev–Trinajstić information content (AvgIpc) is 2.56. The first-order chi connectivity index (χ1) is 11.3. The number of halogens is 1.